The van der Waals surface area contributed by atoms with Crippen LogP contribution >= 0.6 is 46.2 Å². The predicted octanol–water partition coefficient (Wildman–Crippen LogP) is 4.65. The first-order valence-corrected chi connectivity index (χ1v) is 10.8. The summed E-state index contributed by atoms with van der Waals surface area (Å²) in [7, 11) is 0. The number of thiazole rings is 1. The number of hydrogen-bond acceptors (Lipinski definition) is 8. The number of hydrogen-bond donors (Lipinski definition) is 1. The Morgan fingerprint density at radius 1 is 1.21 bits per heavy atom. The van der Waals surface area contributed by atoms with Gasteiger partial charge in [0.05, 0.1) is 11.2 Å². The maximum atomic E-state index is 12.2. The average Bonchev–Trinajstić information content (AvgIpc) is 3.26. The summed E-state index contributed by atoms with van der Waals surface area (Å²) in [6, 6.07) is 7.54. The topological polar surface area (TPSA) is 67.8 Å². The molecule has 0 fully saturated rings. The number of nitrogens with one attached hydrogen (secondary N) is 1. The molecule has 0 unspecified atom stereocenters. The highest BCUT2D eigenvalue weighted by molar-refractivity contribution is 8.01. The van der Waals surface area contributed by atoms with Crippen LogP contribution in [0.3, 0.4) is 0 Å². The lowest BCUT2D eigenvalue weighted by atomic mass is 10.2. The van der Waals surface area contributed by atoms with E-state index in [-0.39, 0.29) is 5.91 Å². The Morgan fingerprint density at radius 2 is 2.04 bits per heavy atom. The van der Waals surface area contributed by atoms with Gasteiger partial charge in [-0.05, 0) is 30.0 Å². The maximum Gasteiger partial charge on any atom is 0.257 e. The van der Waals surface area contributed by atoms with Gasteiger partial charge in [0.15, 0.2) is 4.34 Å². The summed E-state index contributed by atoms with van der Waals surface area (Å²) in [5.74, 6) is 1.59. The van der Waals surface area contributed by atoms with E-state index in [9.17, 15) is 4.79 Å². The van der Waals surface area contributed by atoms with Crippen LogP contribution < -0.4 is 5.32 Å². The zero-order valence-corrected chi connectivity index (χ0v) is 16.0. The summed E-state index contributed by atoms with van der Waals surface area (Å²) in [6.45, 7) is 2.05. The van der Waals surface area contributed by atoms with Crippen molar-refractivity contribution in [2.45, 2.75) is 21.9 Å². The van der Waals surface area contributed by atoms with E-state index < -0.39 is 0 Å². The van der Waals surface area contributed by atoms with E-state index in [1.807, 2.05) is 35.2 Å². The van der Waals surface area contributed by atoms with Crippen LogP contribution in [0.25, 0.3) is 0 Å². The molecule has 1 aromatic carbocycles. The van der Waals surface area contributed by atoms with Gasteiger partial charge in [0.25, 0.3) is 5.91 Å². The molecule has 124 valence electrons. The molecule has 0 aliphatic heterocycles. The molecular weight excluding hydrogens is 380 g/mol. The fourth-order valence-corrected chi connectivity index (χ4v) is 4.89. The van der Waals surface area contributed by atoms with Crippen molar-refractivity contribution in [1.82, 2.24) is 15.2 Å². The van der Waals surface area contributed by atoms with Gasteiger partial charge >= 0.3 is 0 Å². The number of benzene rings is 1. The molecule has 9 heteroatoms. The maximum absolute atomic E-state index is 12.2. The minimum atomic E-state index is -0.171. The van der Waals surface area contributed by atoms with Gasteiger partial charge in [-0.1, -0.05) is 30.0 Å². The van der Waals surface area contributed by atoms with Crippen LogP contribution in [0.15, 0.2) is 44.4 Å². The molecule has 3 rings (SSSR count). The van der Waals surface area contributed by atoms with Gasteiger partial charge in [-0.25, -0.2) is 4.98 Å². The standard InChI is InChI=1S/C15H14N4OS4/c1-2-22-15-19-18-14(24-15)17-13(20)10-3-5-12(6-4-10)23-8-11-7-21-9-16-11/h3-7,9H,2,8H2,1H3,(H,17,18,20). The first-order chi connectivity index (χ1) is 11.7. The SMILES string of the molecule is CCSc1nnc(NC(=O)c2ccc(SCc3cscn3)cc2)s1. The molecule has 1 N–H and O–H groups in total. The fraction of sp³-hybridized carbons (Fsp3) is 0.200. The molecular formula is C15H14N4OS4. The lowest BCUT2D eigenvalue weighted by Gasteiger charge is -2.03. The van der Waals surface area contributed by atoms with Crippen molar-refractivity contribution in [3.8, 4) is 0 Å². The lowest BCUT2D eigenvalue weighted by molar-refractivity contribution is 0.102. The zero-order chi connectivity index (χ0) is 16.8. The molecule has 0 spiro atoms. The van der Waals surface area contributed by atoms with Crippen LogP contribution in [0.4, 0.5) is 5.13 Å². The number of aromatic nitrogens is 3. The zero-order valence-electron chi connectivity index (χ0n) is 12.8. The second-order valence-corrected chi connectivity index (χ2v) is 8.81. The Bertz CT molecular complexity index is 786. The van der Waals surface area contributed by atoms with E-state index in [1.165, 1.54) is 11.3 Å². The van der Waals surface area contributed by atoms with Crippen LogP contribution in [-0.4, -0.2) is 26.8 Å². The summed E-state index contributed by atoms with van der Waals surface area (Å²) in [5.41, 5.74) is 3.51. The third-order valence-corrected chi connectivity index (χ3v) is 6.42. The van der Waals surface area contributed by atoms with Crippen LogP contribution in [0, 0.1) is 0 Å². The highest BCUT2D eigenvalue weighted by Gasteiger charge is 2.10. The Kier molecular flexibility index (Phi) is 6.24. The minimum Gasteiger partial charge on any atom is -0.296 e. The largest absolute Gasteiger partial charge is 0.296 e. The number of rotatable bonds is 7. The van der Waals surface area contributed by atoms with E-state index in [1.54, 1.807) is 34.9 Å². The predicted molar refractivity (Wildman–Crippen MR) is 102 cm³/mol. The van der Waals surface area contributed by atoms with Crippen LogP contribution in [-0.2, 0) is 5.75 Å². The van der Waals surface area contributed by atoms with Gasteiger partial charge < -0.3 is 0 Å². The number of carbonyl (C=O) groups excluding carboxylic acids is 1. The van der Waals surface area contributed by atoms with Crippen molar-refractivity contribution in [2.75, 3.05) is 11.1 Å². The first-order valence-electron chi connectivity index (χ1n) is 7.12. The molecule has 0 saturated carbocycles. The van der Waals surface area contributed by atoms with Gasteiger partial charge in [0.1, 0.15) is 0 Å². The van der Waals surface area contributed by atoms with E-state index in [4.69, 9.17) is 0 Å². The van der Waals surface area contributed by atoms with Crippen LogP contribution in [0.5, 0.6) is 0 Å². The van der Waals surface area contributed by atoms with Crippen molar-refractivity contribution in [3.05, 3.63) is 46.4 Å². The molecule has 5 nitrogen and oxygen atoms in total. The molecule has 0 aliphatic rings. The van der Waals surface area contributed by atoms with E-state index in [0.717, 1.165) is 26.4 Å². The number of thioether (sulfide) groups is 2. The molecule has 0 radical (unpaired) electrons. The number of nitrogens with zero attached hydrogens (tertiary/aromatic N) is 3. The summed E-state index contributed by atoms with van der Waals surface area (Å²) in [6.07, 6.45) is 0. The van der Waals surface area contributed by atoms with Crippen molar-refractivity contribution in [1.29, 1.82) is 0 Å². The number of amides is 1. The second kappa shape index (κ2) is 8.61. The summed E-state index contributed by atoms with van der Waals surface area (Å²) >= 11 is 6.30. The van der Waals surface area contributed by atoms with E-state index in [2.05, 4.69) is 27.4 Å². The van der Waals surface area contributed by atoms with Gasteiger partial charge in [-0.2, -0.15) is 0 Å². The Labute approximate surface area is 156 Å². The molecule has 2 heterocycles. The quantitative estimate of drug-likeness (QED) is 0.465. The molecule has 3 aromatic rings. The minimum absolute atomic E-state index is 0.171. The van der Waals surface area contributed by atoms with E-state index in [0.29, 0.717) is 10.7 Å². The van der Waals surface area contributed by atoms with Gasteiger partial charge in [-0.15, -0.1) is 33.3 Å². The molecule has 1 amide bonds. The third kappa shape index (κ3) is 4.79. The Morgan fingerprint density at radius 3 is 2.75 bits per heavy atom. The molecule has 0 saturated heterocycles. The van der Waals surface area contributed by atoms with Gasteiger partial charge in [0, 0.05) is 21.6 Å². The molecule has 0 aliphatic carbocycles. The highest BCUT2D eigenvalue weighted by Crippen LogP contribution is 2.26. The fourth-order valence-electron chi connectivity index (χ4n) is 1.78. The molecule has 0 atom stereocenters. The van der Waals surface area contributed by atoms with Gasteiger partial charge in [-0.3, -0.25) is 10.1 Å². The van der Waals surface area contributed by atoms with Gasteiger partial charge in [0.2, 0.25) is 5.13 Å². The van der Waals surface area contributed by atoms with Crippen LogP contribution in [0.1, 0.15) is 23.0 Å². The van der Waals surface area contributed by atoms with Crippen molar-refractivity contribution in [2.24, 2.45) is 0 Å². The van der Waals surface area contributed by atoms with Crippen molar-refractivity contribution >= 4 is 57.2 Å². The number of anilines is 1. The first kappa shape index (κ1) is 17.4. The highest BCUT2D eigenvalue weighted by atomic mass is 32.2. The normalized spacial score (nSPS) is 10.7. The van der Waals surface area contributed by atoms with Crippen molar-refractivity contribution in [3.63, 3.8) is 0 Å². The lowest BCUT2D eigenvalue weighted by Crippen LogP contribution is -2.11. The smallest absolute Gasteiger partial charge is 0.257 e. The number of carbonyl (C=O) groups is 1. The third-order valence-electron chi connectivity index (χ3n) is 2.88. The van der Waals surface area contributed by atoms with Crippen molar-refractivity contribution < 1.29 is 4.79 Å². The molecule has 0 bridgehead atoms. The van der Waals surface area contributed by atoms with E-state index >= 15 is 0 Å². The second-order valence-electron chi connectivity index (χ2n) is 4.55. The Balaban J connectivity index is 1.56. The summed E-state index contributed by atoms with van der Waals surface area (Å²) < 4.78 is 0.863. The summed E-state index contributed by atoms with van der Waals surface area (Å²) in [5, 5.41) is 13.4. The molecule has 2 aromatic heterocycles. The molecule has 24 heavy (non-hydrogen) atoms. The van der Waals surface area contributed by atoms with Crippen LogP contribution in [0.2, 0.25) is 0 Å². The monoisotopic (exact) mass is 394 g/mol. The average molecular weight is 395 g/mol. The Hall–Kier alpha value is -1.42. The summed E-state index contributed by atoms with van der Waals surface area (Å²) in [4.78, 5) is 17.6.